The highest BCUT2D eigenvalue weighted by molar-refractivity contribution is 6.47. The highest BCUT2D eigenvalue weighted by atomic mass is 16.6. The van der Waals surface area contributed by atoms with Crippen molar-refractivity contribution in [3.05, 3.63) is 83.0 Å². The topological polar surface area (TPSA) is 91.1 Å². The van der Waals surface area contributed by atoms with Gasteiger partial charge in [0.25, 0.3) is 0 Å². The Bertz CT molecular complexity index is 1240. The first-order valence-electron chi connectivity index (χ1n) is 12.1. The fraction of sp³-hybridized carbons (Fsp3) is 0.310. The fourth-order valence-corrected chi connectivity index (χ4v) is 3.89. The smallest absolute Gasteiger partial charge is 0.309 e. The molecule has 0 N–H and O–H groups in total. The molecule has 0 saturated carbocycles. The second-order valence-corrected chi connectivity index (χ2v) is 8.28. The first kappa shape index (κ1) is 27.4. The van der Waals surface area contributed by atoms with Crippen LogP contribution in [-0.2, 0) is 24.0 Å². The van der Waals surface area contributed by atoms with Gasteiger partial charge in [0.05, 0.1) is 19.2 Å². The average molecular weight is 504 g/mol. The van der Waals surface area contributed by atoms with E-state index in [1.54, 1.807) is 0 Å². The van der Waals surface area contributed by atoms with Crippen LogP contribution in [0.1, 0.15) is 37.8 Å². The summed E-state index contributed by atoms with van der Waals surface area (Å²) in [5.74, 6) is -0.351. The summed E-state index contributed by atoms with van der Waals surface area (Å²) in [5, 5.41) is 12.7. The Morgan fingerprint density at radius 1 is 1.00 bits per heavy atom. The molecule has 0 aromatic heterocycles. The molecule has 0 atom stereocenters. The largest absolute Gasteiger partial charge is 0.469 e. The Hall–Kier alpha value is -4.20. The van der Waals surface area contributed by atoms with Crippen molar-refractivity contribution in [2.75, 3.05) is 27.4 Å². The van der Waals surface area contributed by atoms with Gasteiger partial charge in [0.1, 0.15) is 31.7 Å². The van der Waals surface area contributed by atoms with Gasteiger partial charge >= 0.3 is 5.97 Å². The molecule has 1 aliphatic rings. The molecule has 0 unspecified atom stereocenters. The quantitative estimate of drug-likeness (QED) is 0.226. The standard InChI is InChI=1S/C29H33N3O5/c1-6-36-32-29(23-16-14-22(15-17-23)25-12-8-7-10-20(25)2)21(3)30-37-19-26-24(18-28(33)34-4)11-9-13-27(26)31-35-5/h7-12,14-17H,6,13,18-19H2,1-5H3. The first-order valence-corrected chi connectivity index (χ1v) is 12.1. The van der Waals surface area contributed by atoms with Crippen molar-refractivity contribution in [1.82, 2.24) is 0 Å². The number of aryl methyl sites for hydroxylation is 1. The van der Waals surface area contributed by atoms with E-state index < -0.39 is 0 Å². The van der Waals surface area contributed by atoms with E-state index in [-0.39, 0.29) is 19.0 Å². The van der Waals surface area contributed by atoms with Crippen LogP contribution in [0.25, 0.3) is 11.1 Å². The van der Waals surface area contributed by atoms with Crippen LogP contribution in [0.5, 0.6) is 0 Å². The van der Waals surface area contributed by atoms with Crippen molar-refractivity contribution in [3.8, 4) is 11.1 Å². The number of esters is 1. The first-order chi connectivity index (χ1) is 18.0. The number of hydrogen-bond acceptors (Lipinski definition) is 8. The van der Waals surface area contributed by atoms with E-state index in [1.807, 2.05) is 50.3 Å². The third-order valence-corrected chi connectivity index (χ3v) is 5.78. The second kappa shape index (κ2) is 13.8. The summed E-state index contributed by atoms with van der Waals surface area (Å²) in [7, 11) is 2.84. The lowest BCUT2D eigenvalue weighted by atomic mass is 9.94. The number of carbonyl (C=O) groups is 1. The number of hydrogen-bond donors (Lipinski definition) is 0. The summed E-state index contributed by atoms with van der Waals surface area (Å²) in [6, 6.07) is 16.3. The van der Waals surface area contributed by atoms with Gasteiger partial charge in [-0.25, -0.2) is 0 Å². The SMILES string of the molecule is CCON=C(C(C)=NOCC1=C(CC(=O)OC)C=CCC1=NOC)c1ccc(-c2ccccc2C)cc1. The van der Waals surface area contributed by atoms with E-state index in [2.05, 4.69) is 46.7 Å². The van der Waals surface area contributed by atoms with Crippen LogP contribution in [0.15, 0.2) is 87.3 Å². The lowest BCUT2D eigenvalue weighted by Crippen LogP contribution is -2.17. The van der Waals surface area contributed by atoms with Crippen LogP contribution < -0.4 is 0 Å². The fourth-order valence-electron chi connectivity index (χ4n) is 3.89. The number of rotatable bonds is 11. The molecule has 0 radical (unpaired) electrons. The normalized spacial score (nSPS) is 15.1. The van der Waals surface area contributed by atoms with Crippen LogP contribution in [0.4, 0.5) is 0 Å². The number of benzene rings is 2. The zero-order chi connectivity index (χ0) is 26.6. The van der Waals surface area contributed by atoms with Gasteiger partial charge in [-0.1, -0.05) is 76.2 Å². The van der Waals surface area contributed by atoms with Crippen LogP contribution in [-0.4, -0.2) is 50.5 Å². The molecular formula is C29H33N3O5. The molecule has 8 nitrogen and oxygen atoms in total. The van der Waals surface area contributed by atoms with Gasteiger partial charge in [-0.3, -0.25) is 4.79 Å². The van der Waals surface area contributed by atoms with Gasteiger partial charge in [0, 0.05) is 17.6 Å². The van der Waals surface area contributed by atoms with Crippen LogP contribution in [0, 0.1) is 6.92 Å². The van der Waals surface area contributed by atoms with E-state index in [4.69, 9.17) is 19.2 Å². The Morgan fingerprint density at radius 3 is 2.43 bits per heavy atom. The van der Waals surface area contributed by atoms with E-state index in [0.29, 0.717) is 30.2 Å². The minimum atomic E-state index is -0.351. The molecule has 0 saturated heterocycles. The Kier molecular flexibility index (Phi) is 10.2. The molecular weight excluding hydrogens is 470 g/mol. The predicted molar refractivity (Wildman–Crippen MR) is 146 cm³/mol. The van der Waals surface area contributed by atoms with E-state index in [1.165, 1.54) is 25.3 Å². The van der Waals surface area contributed by atoms with Gasteiger partial charge in [0.15, 0.2) is 0 Å². The molecule has 0 aliphatic heterocycles. The average Bonchev–Trinajstić information content (AvgIpc) is 2.91. The maximum Gasteiger partial charge on any atom is 0.309 e. The van der Waals surface area contributed by atoms with Crippen molar-refractivity contribution in [2.24, 2.45) is 15.5 Å². The lowest BCUT2D eigenvalue weighted by molar-refractivity contribution is -0.139. The lowest BCUT2D eigenvalue weighted by Gasteiger charge is -2.16. The Morgan fingerprint density at radius 2 is 1.76 bits per heavy atom. The molecule has 0 heterocycles. The van der Waals surface area contributed by atoms with Crippen molar-refractivity contribution in [1.29, 1.82) is 0 Å². The zero-order valence-corrected chi connectivity index (χ0v) is 22.0. The number of oxime groups is 3. The second-order valence-electron chi connectivity index (χ2n) is 8.28. The molecule has 3 rings (SSSR count). The molecule has 194 valence electrons. The van der Waals surface area contributed by atoms with E-state index in [9.17, 15) is 4.79 Å². The van der Waals surface area contributed by atoms with Crippen LogP contribution >= 0.6 is 0 Å². The maximum absolute atomic E-state index is 11.9. The molecule has 8 heteroatoms. The van der Waals surface area contributed by atoms with Gasteiger partial charge in [0.2, 0.25) is 0 Å². The monoisotopic (exact) mass is 503 g/mol. The molecule has 0 amide bonds. The Balaban J connectivity index is 1.83. The van der Waals surface area contributed by atoms with Gasteiger partial charge in [-0.15, -0.1) is 0 Å². The molecule has 2 aromatic carbocycles. The third kappa shape index (κ3) is 7.39. The number of nitrogens with zero attached hydrogens (tertiary/aromatic N) is 3. The third-order valence-electron chi connectivity index (χ3n) is 5.78. The highest BCUT2D eigenvalue weighted by Gasteiger charge is 2.20. The molecule has 0 bridgehead atoms. The summed E-state index contributed by atoms with van der Waals surface area (Å²) in [4.78, 5) is 28.0. The van der Waals surface area contributed by atoms with Crippen molar-refractivity contribution >= 4 is 23.1 Å². The Labute approximate surface area is 217 Å². The maximum atomic E-state index is 11.9. The van der Waals surface area contributed by atoms with Gasteiger partial charge in [-0.05, 0) is 43.0 Å². The van der Waals surface area contributed by atoms with Crippen molar-refractivity contribution in [3.63, 3.8) is 0 Å². The highest BCUT2D eigenvalue weighted by Crippen LogP contribution is 2.24. The van der Waals surface area contributed by atoms with Gasteiger partial charge < -0.3 is 19.2 Å². The zero-order valence-electron chi connectivity index (χ0n) is 22.0. The van der Waals surface area contributed by atoms with E-state index in [0.717, 1.165) is 22.3 Å². The summed E-state index contributed by atoms with van der Waals surface area (Å²) in [5.41, 5.74) is 7.62. The van der Waals surface area contributed by atoms with Crippen molar-refractivity contribution < 1.29 is 24.0 Å². The molecule has 1 aliphatic carbocycles. The van der Waals surface area contributed by atoms with Crippen LogP contribution in [0.2, 0.25) is 0 Å². The van der Waals surface area contributed by atoms with Crippen molar-refractivity contribution in [2.45, 2.75) is 33.6 Å². The minimum Gasteiger partial charge on any atom is -0.469 e. The minimum absolute atomic E-state index is 0.0986. The predicted octanol–water partition coefficient (Wildman–Crippen LogP) is 5.62. The van der Waals surface area contributed by atoms with E-state index >= 15 is 0 Å². The summed E-state index contributed by atoms with van der Waals surface area (Å²) in [6.07, 6.45) is 4.45. The molecule has 2 aromatic rings. The molecule has 0 spiro atoms. The summed E-state index contributed by atoms with van der Waals surface area (Å²) < 4.78 is 4.82. The number of allylic oxidation sites excluding steroid dienone is 2. The number of ether oxygens (including phenoxy) is 1. The molecule has 37 heavy (non-hydrogen) atoms. The molecule has 0 fully saturated rings. The number of methoxy groups -OCH3 is 1. The summed E-state index contributed by atoms with van der Waals surface area (Å²) in [6.45, 7) is 6.29. The van der Waals surface area contributed by atoms with Crippen LogP contribution in [0.3, 0.4) is 0 Å². The number of carbonyl (C=O) groups excluding carboxylic acids is 1. The van der Waals surface area contributed by atoms with Gasteiger partial charge in [-0.2, -0.15) is 0 Å². The summed E-state index contributed by atoms with van der Waals surface area (Å²) >= 11 is 0.